The lowest BCUT2D eigenvalue weighted by molar-refractivity contribution is -0.122. The normalized spacial score (nSPS) is 11.9. The molecule has 0 spiro atoms. The van der Waals surface area contributed by atoms with Crippen LogP contribution in [0, 0.1) is 0 Å². The van der Waals surface area contributed by atoms with Crippen LogP contribution in [-0.2, 0) is 9.59 Å². The molecule has 0 radical (unpaired) electrons. The Morgan fingerprint density at radius 1 is 1.17 bits per heavy atom. The summed E-state index contributed by atoms with van der Waals surface area (Å²) in [5, 5.41) is 6.96. The van der Waals surface area contributed by atoms with E-state index in [0.717, 1.165) is 16.6 Å². The van der Waals surface area contributed by atoms with E-state index in [2.05, 4.69) is 15.6 Å². The number of carbonyl (C=O) groups is 2. The summed E-state index contributed by atoms with van der Waals surface area (Å²) in [6.07, 6.45) is 0.455. The minimum Gasteiger partial charge on any atom is -0.479 e. The lowest BCUT2D eigenvalue weighted by atomic mass is 10.2. The molecule has 152 valence electrons. The lowest BCUT2D eigenvalue weighted by Gasteiger charge is -2.15. The van der Waals surface area contributed by atoms with Gasteiger partial charge in [0.25, 0.3) is 5.91 Å². The topological polar surface area (TPSA) is 80.3 Å². The second-order valence-electron chi connectivity index (χ2n) is 6.32. The van der Waals surface area contributed by atoms with Crippen molar-refractivity contribution in [2.45, 2.75) is 32.8 Å². The minimum atomic E-state index is -0.769. The number of ether oxygens (including phenoxy) is 1. The van der Waals surface area contributed by atoms with Crippen molar-refractivity contribution in [3.8, 4) is 5.75 Å². The van der Waals surface area contributed by atoms with Crippen LogP contribution in [0.3, 0.4) is 0 Å². The van der Waals surface area contributed by atoms with Gasteiger partial charge in [0.05, 0.1) is 15.2 Å². The van der Waals surface area contributed by atoms with Gasteiger partial charge in [-0.05, 0) is 49.7 Å². The maximum atomic E-state index is 12.5. The lowest BCUT2D eigenvalue weighted by Crippen LogP contribution is -2.30. The maximum Gasteiger partial charge on any atom is 0.265 e. The molecular weight excluding hydrogens is 433 g/mol. The summed E-state index contributed by atoms with van der Waals surface area (Å²) in [6.45, 7) is 3.57. The zero-order valence-electron chi connectivity index (χ0n) is 15.8. The van der Waals surface area contributed by atoms with Crippen molar-refractivity contribution < 1.29 is 14.3 Å². The van der Waals surface area contributed by atoms with Crippen LogP contribution in [0.5, 0.6) is 5.75 Å². The molecule has 6 nitrogen and oxygen atoms in total. The van der Waals surface area contributed by atoms with E-state index in [9.17, 15) is 9.59 Å². The summed E-state index contributed by atoms with van der Waals surface area (Å²) in [5.74, 6) is -0.00708. The molecule has 2 amide bonds. The Labute approximate surface area is 182 Å². The van der Waals surface area contributed by atoms with Crippen molar-refractivity contribution in [1.82, 2.24) is 4.98 Å². The number of benzene rings is 2. The van der Waals surface area contributed by atoms with E-state index in [1.165, 1.54) is 11.3 Å². The standard InChI is InChI=1S/C20H19Cl2N3O3S/c1-3-4-18(26)25-20-24-15-7-6-13(10-17(15)29-20)23-19(27)11(2)28-16-8-5-12(21)9-14(16)22/h5-11H,3-4H2,1-2H3,(H,23,27)(H,24,25,26). The second kappa shape index (κ2) is 9.43. The van der Waals surface area contributed by atoms with Crippen molar-refractivity contribution in [2.24, 2.45) is 0 Å². The van der Waals surface area contributed by atoms with Crippen molar-refractivity contribution in [1.29, 1.82) is 0 Å². The van der Waals surface area contributed by atoms with Crippen molar-refractivity contribution in [3.63, 3.8) is 0 Å². The third kappa shape index (κ3) is 5.59. The summed E-state index contributed by atoms with van der Waals surface area (Å²) in [5.41, 5.74) is 1.35. The largest absolute Gasteiger partial charge is 0.479 e. The van der Waals surface area contributed by atoms with Gasteiger partial charge in [-0.3, -0.25) is 9.59 Å². The number of anilines is 2. The summed E-state index contributed by atoms with van der Waals surface area (Å²) < 4.78 is 6.48. The SMILES string of the molecule is CCCC(=O)Nc1nc2ccc(NC(=O)C(C)Oc3ccc(Cl)cc3Cl)cc2s1. The van der Waals surface area contributed by atoms with Crippen molar-refractivity contribution in [2.75, 3.05) is 10.6 Å². The summed E-state index contributed by atoms with van der Waals surface area (Å²) in [4.78, 5) is 28.6. The molecule has 0 fully saturated rings. The van der Waals surface area contributed by atoms with E-state index in [4.69, 9.17) is 27.9 Å². The molecular formula is C20H19Cl2N3O3S. The van der Waals surface area contributed by atoms with Crippen molar-refractivity contribution >= 4 is 67.4 Å². The Balaban J connectivity index is 1.67. The van der Waals surface area contributed by atoms with Crippen LogP contribution in [0.4, 0.5) is 10.8 Å². The Hall–Kier alpha value is -2.35. The molecule has 0 aliphatic heterocycles. The van der Waals surface area contributed by atoms with Gasteiger partial charge in [-0.25, -0.2) is 4.98 Å². The van der Waals surface area contributed by atoms with Gasteiger partial charge in [0.15, 0.2) is 11.2 Å². The Morgan fingerprint density at radius 3 is 2.69 bits per heavy atom. The average molecular weight is 452 g/mol. The van der Waals surface area contributed by atoms with Crippen LogP contribution in [0.2, 0.25) is 10.0 Å². The molecule has 29 heavy (non-hydrogen) atoms. The third-order valence-electron chi connectivity index (χ3n) is 3.95. The Morgan fingerprint density at radius 2 is 1.97 bits per heavy atom. The molecule has 2 aromatic carbocycles. The number of thiazole rings is 1. The highest BCUT2D eigenvalue weighted by Crippen LogP contribution is 2.30. The molecule has 0 bridgehead atoms. The highest BCUT2D eigenvalue weighted by molar-refractivity contribution is 7.22. The molecule has 0 aliphatic rings. The molecule has 0 aliphatic carbocycles. The maximum absolute atomic E-state index is 12.5. The van der Waals surface area contributed by atoms with Crippen molar-refractivity contribution in [3.05, 3.63) is 46.4 Å². The van der Waals surface area contributed by atoms with E-state index in [1.54, 1.807) is 37.3 Å². The summed E-state index contributed by atoms with van der Waals surface area (Å²) in [6, 6.07) is 10.2. The fourth-order valence-electron chi connectivity index (χ4n) is 2.52. The van der Waals surface area contributed by atoms with Gasteiger partial charge in [-0.2, -0.15) is 0 Å². The molecule has 1 heterocycles. The average Bonchev–Trinajstić information content (AvgIpc) is 3.05. The Kier molecular flexibility index (Phi) is 6.95. The first kappa shape index (κ1) is 21.4. The number of nitrogens with zero attached hydrogens (tertiary/aromatic N) is 1. The number of hydrogen-bond acceptors (Lipinski definition) is 5. The number of hydrogen-bond donors (Lipinski definition) is 2. The van der Waals surface area contributed by atoms with Crippen LogP contribution < -0.4 is 15.4 Å². The number of carbonyl (C=O) groups excluding carboxylic acids is 2. The molecule has 1 aromatic heterocycles. The quantitative estimate of drug-likeness (QED) is 0.479. The van der Waals surface area contributed by atoms with E-state index in [1.807, 2.05) is 13.0 Å². The molecule has 0 saturated carbocycles. The molecule has 1 unspecified atom stereocenters. The molecule has 9 heteroatoms. The molecule has 3 rings (SSSR count). The zero-order chi connectivity index (χ0) is 21.0. The molecule has 2 N–H and O–H groups in total. The summed E-state index contributed by atoms with van der Waals surface area (Å²) >= 11 is 13.3. The predicted octanol–water partition coefficient (Wildman–Crippen LogP) is 5.75. The number of aromatic nitrogens is 1. The second-order valence-corrected chi connectivity index (χ2v) is 8.20. The van der Waals surface area contributed by atoms with Gasteiger partial charge in [-0.1, -0.05) is 41.5 Å². The number of amides is 2. The fourth-order valence-corrected chi connectivity index (χ4v) is 3.90. The summed E-state index contributed by atoms with van der Waals surface area (Å²) in [7, 11) is 0. The van der Waals surface area contributed by atoms with Crippen LogP contribution >= 0.6 is 34.5 Å². The monoisotopic (exact) mass is 451 g/mol. The van der Waals surface area contributed by atoms with Crippen LogP contribution in [0.25, 0.3) is 10.2 Å². The van der Waals surface area contributed by atoms with Gasteiger partial charge in [0.1, 0.15) is 5.75 Å². The smallest absolute Gasteiger partial charge is 0.265 e. The van der Waals surface area contributed by atoms with Gasteiger partial charge < -0.3 is 15.4 Å². The Bertz CT molecular complexity index is 1050. The van der Waals surface area contributed by atoms with E-state index >= 15 is 0 Å². The van der Waals surface area contributed by atoms with Crippen LogP contribution in [-0.4, -0.2) is 22.9 Å². The first-order valence-electron chi connectivity index (χ1n) is 8.98. The number of halogens is 2. The van der Waals surface area contributed by atoms with Gasteiger partial charge in [0, 0.05) is 17.1 Å². The van der Waals surface area contributed by atoms with Crippen LogP contribution in [0.1, 0.15) is 26.7 Å². The number of fused-ring (bicyclic) bond motifs is 1. The minimum absolute atomic E-state index is 0.0630. The predicted molar refractivity (Wildman–Crippen MR) is 118 cm³/mol. The van der Waals surface area contributed by atoms with Gasteiger partial charge in [0.2, 0.25) is 5.91 Å². The highest BCUT2D eigenvalue weighted by atomic mass is 35.5. The third-order valence-corrected chi connectivity index (χ3v) is 5.41. The van der Waals surface area contributed by atoms with Crippen LogP contribution in [0.15, 0.2) is 36.4 Å². The molecule has 1 atom stereocenters. The zero-order valence-corrected chi connectivity index (χ0v) is 18.1. The van der Waals surface area contributed by atoms with E-state index in [-0.39, 0.29) is 11.8 Å². The number of nitrogens with one attached hydrogen (secondary N) is 2. The first-order valence-corrected chi connectivity index (χ1v) is 10.6. The molecule has 3 aromatic rings. The highest BCUT2D eigenvalue weighted by Gasteiger charge is 2.17. The van der Waals surface area contributed by atoms with Gasteiger partial charge >= 0.3 is 0 Å². The first-order chi connectivity index (χ1) is 13.9. The van der Waals surface area contributed by atoms with Gasteiger partial charge in [-0.15, -0.1) is 0 Å². The fraction of sp³-hybridized carbons (Fsp3) is 0.250. The van der Waals surface area contributed by atoms with E-state index < -0.39 is 6.10 Å². The molecule has 0 saturated heterocycles. The van der Waals surface area contributed by atoms with E-state index in [0.29, 0.717) is 33.0 Å². The number of rotatable bonds is 7.